The van der Waals surface area contributed by atoms with Crippen molar-refractivity contribution in [2.24, 2.45) is 5.92 Å². The summed E-state index contributed by atoms with van der Waals surface area (Å²) in [4.78, 5) is 71.9. The van der Waals surface area contributed by atoms with E-state index >= 15 is 0 Å². The third kappa shape index (κ3) is 9.85. The first-order valence-electron chi connectivity index (χ1n) is 13.1. The summed E-state index contributed by atoms with van der Waals surface area (Å²) in [5.74, 6) is -4.56. The number of ether oxygens (including phenoxy) is 8. The normalized spacial score (nSPS) is 33.1. The van der Waals surface area contributed by atoms with E-state index in [1.165, 1.54) is 20.8 Å². The van der Waals surface area contributed by atoms with E-state index < -0.39 is 96.0 Å². The Morgan fingerprint density at radius 3 is 1.39 bits per heavy atom. The van der Waals surface area contributed by atoms with Gasteiger partial charge in [0, 0.05) is 47.5 Å². The summed E-state index contributed by atoms with van der Waals surface area (Å²) >= 11 is 0.921. The van der Waals surface area contributed by atoms with Crippen molar-refractivity contribution in [3.63, 3.8) is 0 Å². The van der Waals surface area contributed by atoms with Gasteiger partial charge in [0.1, 0.15) is 29.7 Å². The lowest BCUT2D eigenvalue weighted by molar-refractivity contribution is -0.238. The predicted molar refractivity (Wildman–Crippen MR) is 139 cm³/mol. The van der Waals surface area contributed by atoms with E-state index in [2.05, 4.69) is 0 Å². The zero-order valence-electron chi connectivity index (χ0n) is 24.3. The highest BCUT2D eigenvalue weighted by Gasteiger charge is 2.55. The Kier molecular flexibility index (Phi) is 12.8. The first-order valence-corrected chi connectivity index (χ1v) is 14.0. The second kappa shape index (κ2) is 15.4. The Labute approximate surface area is 242 Å². The molecular formula is C26H38O14S. The standard InChI is InChI=1S/C26H38O14S/c1-9-18-11(2)20(34-13(4)28)23(37-16(7)31)25(39-18)41-26-24(38-17(8)32)22(36-15(6)30)21(35-14(5)29)19(40-26)10-33-12(3)27/h11,18-26H,9-10H2,1-8H3/t11-,18-,19-,20+,21-,22+,23-,24-,25-,26+/m1/s1. The molecule has 0 bridgehead atoms. The zero-order valence-corrected chi connectivity index (χ0v) is 25.1. The highest BCUT2D eigenvalue weighted by Crippen LogP contribution is 2.42. The third-order valence-electron chi connectivity index (χ3n) is 6.23. The topological polar surface area (TPSA) is 176 Å². The number of hydrogen-bond donors (Lipinski definition) is 0. The van der Waals surface area contributed by atoms with Crippen LogP contribution in [-0.4, -0.2) is 96.0 Å². The number of carbonyl (C=O) groups excluding carboxylic acids is 6. The van der Waals surface area contributed by atoms with Crippen molar-refractivity contribution in [3.05, 3.63) is 0 Å². The van der Waals surface area contributed by atoms with Crippen molar-refractivity contribution >= 4 is 47.6 Å². The van der Waals surface area contributed by atoms with Crippen LogP contribution in [0.4, 0.5) is 0 Å². The number of carbonyl (C=O) groups is 6. The molecule has 41 heavy (non-hydrogen) atoms. The van der Waals surface area contributed by atoms with Gasteiger partial charge in [-0.3, -0.25) is 28.8 Å². The molecule has 0 aromatic rings. The lowest BCUT2D eigenvalue weighted by Gasteiger charge is -2.48. The molecule has 2 rings (SSSR count). The first kappa shape index (κ1) is 34.3. The van der Waals surface area contributed by atoms with Gasteiger partial charge in [-0.05, 0) is 6.42 Å². The van der Waals surface area contributed by atoms with Gasteiger partial charge in [0.05, 0.1) is 6.10 Å². The van der Waals surface area contributed by atoms with E-state index in [9.17, 15) is 28.8 Å². The summed E-state index contributed by atoms with van der Waals surface area (Å²) in [6.07, 6.45) is -7.15. The van der Waals surface area contributed by atoms with Crippen LogP contribution in [0.2, 0.25) is 0 Å². The van der Waals surface area contributed by atoms with Crippen LogP contribution in [0.25, 0.3) is 0 Å². The van der Waals surface area contributed by atoms with Gasteiger partial charge in [-0.1, -0.05) is 25.6 Å². The van der Waals surface area contributed by atoms with Gasteiger partial charge in [0.15, 0.2) is 24.4 Å². The number of esters is 6. The maximum atomic E-state index is 12.2. The van der Waals surface area contributed by atoms with Crippen molar-refractivity contribution < 1.29 is 66.7 Å². The van der Waals surface area contributed by atoms with Gasteiger partial charge in [-0.25, -0.2) is 0 Å². The molecule has 0 amide bonds. The molecule has 2 aliphatic heterocycles. The Balaban J connectivity index is 2.57. The van der Waals surface area contributed by atoms with Crippen molar-refractivity contribution in [3.8, 4) is 0 Å². The van der Waals surface area contributed by atoms with Crippen LogP contribution in [-0.2, 0) is 66.7 Å². The van der Waals surface area contributed by atoms with Crippen LogP contribution in [0.3, 0.4) is 0 Å². The van der Waals surface area contributed by atoms with Gasteiger partial charge in [0.25, 0.3) is 0 Å². The van der Waals surface area contributed by atoms with E-state index in [0.717, 1.165) is 32.5 Å². The minimum absolute atomic E-state index is 0.361. The maximum Gasteiger partial charge on any atom is 0.303 e. The summed E-state index contributed by atoms with van der Waals surface area (Å²) in [6, 6.07) is 0. The third-order valence-corrected chi connectivity index (χ3v) is 7.52. The molecule has 0 saturated carbocycles. The maximum absolute atomic E-state index is 12.2. The predicted octanol–water partition coefficient (Wildman–Crippen LogP) is 1.44. The van der Waals surface area contributed by atoms with Crippen LogP contribution in [0.5, 0.6) is 0 Å². The molecule has 0 unspecified atom stereocenters. The minimum atomic E-state index is -1.38. The average Bonchev–Trinajstić information content (AvgIpc) is 2.83. The average molecular weight is 607 g/mol. The molecule has 0 N–H and O–H groups in total. The molecule has 0 aliphatic carbocycles. The number of hydrogen-bond acceptors (Lipinski definition) is 15. The first-order chi connectivity index (χ1) is 19.1. The number of thioether (sulfide) groups is 1. The lowest BCUT2D eigenvalue weighted by Crippen LogP contribution is -2.63. The van der Waals surface area contributed by atoms with Crippen molar-refractivity contribution in [1.82, 2.24) is 0 Å². The Bertz CT molecular complexity index is 985. The Hall–Kier alpha value is -2.91. The van der Waals surface area contributed by atoms with E-state index in [0.29, 0.717) is 6.42 Å². The summed E-state index contributed by atoms with van der Waals surface area (Å²) in [5, 5.41) is 0. The van der Waals surface area contributed by atoms with Crippen LogP contribution < -0.4 is 0 Å². The van der Waals surface area contributed by atoms with E-state index in [4.69, 9.17) is 37.9 Å². The van der Waals surface area contributed by atoms with Crippen LogP contribution in [0, 0.1) is 5.92 Å². The second-order valence-corrected chi connectivity index (χ2v) is 10.9. The Morgan fingerprint density at radius 2 is 0.951 bits per heavy atom. The molecule has 0 radical (unpaired) electrons. The summed E-state index contributed by atoms with van der Waals surface area (Å²) in [7, 11) is 0. The molecule has 232 valence electrons. The fourth-order valence-corrected chi connectivity index (χ4v) is 6.14. The lowest BCUT2D eigenvalue weighted by atomic mass is 9.89. The molecule has 2 aliphatic rings. The van der Waals surface area contributed by atoms with Gasteiger partial charge in [-0.2, -0.15) is 0 Å². The SMILES string of the molecule is CC[C@H]1O[C@H](S[C@@H]2O[C@H](COC(C)=O)[C@@H](OC(C)=O)[C@H](OC(C)=O)[C@H]2OC(C)=O)[C@H](OC(C)=O)[C@@H](OC(C)=O)[C@@H]1C. The summed E-state index contributed by atoms with van der Waals surface area (Å²) in [6.45, 7) is 10.2. The highest BCUT2D eigenvalue weighted by atomic mass is 32.2. The molecule has 2 fully saturated rings. The molecule has 0 spiro atoms. The summed E-state index contributed by atoms with van der Waals surface area (Å²) in [5.41, 5.74) is -2.22. The van der Waals surface area contributed by atoms with E-state index in [1.54, 1.807) is 6.92 Å². The smallest absolute Gasteiger partial charge is 0.303 e. The number of rotatable bonds is 10. The molecule has 0 aromatic heterocycles. The molecule has 14 nitrogen and oxygen atoms in total. The van der Waals surface area contributed by atoms with Crippen molar-refractivity contribution in [2.75, 3.05) is 6.61 Å². The molecular weight excluding hydrogens is 568 g/mol. The zero-order chi connectivity index (χ0) is 31.0. The molecule has 15 heteroatoms. The molecule has 0 aromatic carbocycles. The van der Waals surface area contributed by atoms with Gasteiger partial charge in [-0.15, -0.1) is 0 Å². The quantitative estimate of drug-likeness (QED) is 0.258. The monoisotopic (exact) mass is 606 g/mol. The van der Waals surface area contributed by atoms with Crippen LogP contribution in [0.1, 0.15) is 61.8 Å². The van der Waals surface area contributed by atoms with Crippen molar-refractivity contribution in [1.29, 1.82) is 0 Å². The van der Waals surface area contributed by atoms with Crippen LogP contribution >= 0.6 is 11.8 Å². The Morgan fingerprint density at radius 1 is 0.561 bits per heavy atom. The minimum Gasteiger partial charge on any atom is -0.463 e. The van der Waals surface area contributed by atoms with Crippen LogP contribution in [0.15, 0.2) is 0 Å². The highest BCUT2D eigenvalue weighted by molar-refractivity contribution is 8.00. The fourth-order valence-electron chi connectivity index (χ4n) is 4.73. The molecule has 2 heterocycles. The van der Waals surface area contributed by atoms with Gasteiger partial charge < -0.3 is 37.9 Å². The van der Waals surface area contributed by atoms with Gasteiger partial charge >= 0.3 is 35.8 Å². The van der Waals surface area contributed by atoms with Crippen molar-refractivity contribution in [2.45, 2.75) is 115 Å². The van der Waals surface area contributed by atoms with Gasteiger partial charge in [0.2, 0.25) is 0 Å². The second-order valence-electron chi connectivity index (χ2n) is 9.66. The van der Waals surface area contributed by atoms with E-state index in [1.807, 2.05) is 6.92 Å². The van der Waals surface area contributed by atoms with E-state index in [-0.39, 0.29) is 5.92 Å². The molecule has 10 atom stereocenters. The summed E-state index contributed by atoms with van der Waals surface area (Å²) < 4.78 is 45.0. The largest absolute Gasteiger partial charge is 0.463 e. The molecule has 2 saturated heterocycles. The fraction of sp³-hybridized carbons (Fsp3) is 0.769.